The van der Waals surface area contributed by atoms with Gasteiger partial charge in [0.2, 0.25) is 0 Å². The Morgan fingerprint density at radius 1 is 1.14 bits per heavy atom. The van der Waals surface area contributed by atoms with E-state index in [0.29, 0.717) is 0 Å². The van der Waals surface area contributed by atoms with Gasteiger partial charge in [-0.25, -0.2) is 0 Å². The summed E-state index contributed by atoms with van der Waals surface area (Å²) in [5, 5.41) is 7.04. The van der Waals surface area contributed by atoms with Crippen LogP contribution in [-0.4, -0.2) is 10.2 Å². The zero-order valence-corrected chi connectivity index (χ0v) is 8.54. The molecule has 1 aliphatic rings. The monoisotopic (exact) mass is 186 g/mol. The van der Waals surface area contributed by atoms with Crippen LogP contribution in [-0.2, 0) is 6.42 Å². The Morgan fingerprint density at radius 3 is 2.79 bits per heavy atom. The van der Waals surface area contributed by atoms with E-state index in [9.17, 15) is 0 Å². The first kappa shape index (κ1) is 9.00. The molecule has 0 fully saturated rings. The van der Waals surface area contributed by atoms with E-state index in [1.165, 1.54) is 22.4 Å². The minimum absolute atomic E-state index is 1.03. The van der Waals surface area contributed by atoms with Gasteiger partial charge in [0, 0.05) is 17.5 Å². The standard InChI is InChI=1S/C10H8N2.C2H6/c1-2-4-9-7(3-1)5-8-6-11-12-10(8)9;1-2/h1-4,6H,5H2,(H,11,12);1-2H3. The van der Waals surface area contributed by atoms with Crippen molar-refractivity contribution in [3.8, 4) is 11.3 Å². The Bertz CT molecular complexity index is 429. The van der Waals surface area contributed by atoms with Gasteiger partial charge in [-0.15, -0.1) is 0 Å². The molecule has 3 rings (SSSR count). The number of rotatable bonds is 0. The van der Waals surface area contributed by atoms with Crippen LogP contribution >= 0.6 is 0 Å². The highest BCUT2D eigenvalue weighted by molar-refractivity contribution is 5.72. The topological polar surface area (TPSA) is 28.7 Å². The van der Waals surface area contributed by atoms with E-state index in [1.54, 1.807) is 0 Å². The van der Waals surface area contributed by atoms with Gasteiger partial charge < -0.3 is 0 Å². The van der Waals surface area contributed by atoms with Gasteiger partial charge in [0.1, 0.15) is 0 Å². The molecule has 0 saturated carbocycles. The number of hydrogen-bond acceptors (Lipinski definition) is 1. The second kappa shape index (κ2) is 3.66. The smallest absolute Gasteiger partial charge is 0.0688 e. The van der Waals surface area contributed by atoms with Crippen molar-refractivity contribution in [2.45, 2.75) is 20.3 Å². The number of aromatic nitrogens is 2. The summed E-state index contributed by atoms with van der Waals surface area (Å²) in [6.07, 6.45) is 2.94. The van der Waals surface area contributed by atoms with Gasteiger partial charge >= 0.3 is 0 Å². The van der Waals surface area contributed by atoms with E-state index in [4.69, 9.17) is 0 Å². The zero-order chi connectivity index (χ0) is 9.97. The summed E-state index contributed by atoms with van der Waals surface area (Å²) in [4.78, 5) is 0. The van der Waals surface area contributed by atoms with Crippen LogP contribution in [0.1, 0.15) is 25.0 Å². The van der Waals surface area contributed by atoms with Crippen LogP contribution in [0.15, 0.2) is 30.5 Å². The van der Waals surface area contributed by atoms with E-state index >= 15 is 0 Å². The summed E-state index contributed by atoms with van der Waals surface area (Å²) in [5.41, 5.74) is 5.23. The predicted molar refractivity (Wildman–Crippen MR) is 58.2 cm³/mol. The summed E-state index contributed by atoms with van der Waals surface area (Å²) in [7, 11) is 0. The molecule has 72 valence electrons. The van der Waals surface area contributed by atoms with Crippen LogP contribution < -0.4 is 0 Å². The molecule has 2 nitrogen and oxygen atoms in total. The Kier molecular flexibility index (Phi) is 2.35. The van der Waals surface area contributed by atoms with Gasteiger partial charge in [-0.3, -0.25) is 5.10 Å². The Hall–Kier alpha value is -1.57. The fourth-order valence-electron chi connectivity index (χ4n) is 1.80. The first-order valence-corrected chi connectivity index (χ1v) is 5.05. The van der Waals surface area contributed by atoms with Crippen LogP contribution in [0.2, 0.25) is 0 Å². The summed E-state index contributed by atoms with van der Waals surface area (Å²) in [6.45, 7) is 4.00. The highest BCUT2D eigenvalue weighted by Gasteiger charge is 2.18. The fraction of sp³-hybridized carbons (Fsp3) is 0.250. The molecule has 2 heteroatoms. The number of H-pyrrole nitrogens is 1. The molecule has 0 radical (unpaired) electrons. The van der Waals surface area contributed by atoms with Crippen molar-refractivity contribution in [3.63, 3.8) is 0 Å². The third-order valence-corrected chi connectivity index (χ3v) is 2.39. The molecule has 1 aromatic heterocycles. The zero-order valence-electron chi connectivity index (χ0n) is 8.54. The highest BCUT2D eigenvalue weighted by Crippen LogP contribution is 2.33. The molecule has 1 N–H and O–H groups in total. The van der Waals surface area contributed by atoms with Crippen LogP contribution in [0.5, 0.6) is 0 Å². The summed E-state index contributed by atoms with van der Waals surface area (Å²) < 4.78 is 0. The largest absolute Gasteiger partial charge is 0.278 e. The second-order valence-electron chi connectivity index (χ2n) is 3.10. The first-order chi connectivity index (χ1) is 6.95. The normalized spacial score (nSPS) is 11.3. The number of aromatic amines is 1. The third-order valence-electron chi connectivity index (χ3n) is 2.39. The van der Waals surface area contributed by atoms with Gasteiger partial charge in [-0.2, -0.15) is 5.10 Å². The molecule has 14 heavy (non-hydrogen) atoms. The average molecular weight is 186 g/mol. The van der Waals surface area contributed by atoms with Gasteiger partial charge in [-0.05, 0) is 5.56 Å². The lowest BCUT2D eigenvalue weighted by Crippen LogP contribution is -1.79. The molecule has 1 heterocycles. The van der Waals surface area contributed by atoms with Gasteiger partial charge in [0.05, 0.1) is 11.9 Å². The minimum atomic E-state index is 1.03. The summed E-state index contributed by atoms with van der Waals surface area (Å²) in [5.74, 6) is 0. The molecular formula is C12H14N2. The van der Waals surface area contributed by atoms with Crippen molar-refractivity contribution in [2.24, 2.45) is 0 Å². The Morgan fingerprint density at radius 2 is 1.93 bits per heavy atom. The summed E-state index contributed by atoms with van der Waals surface area (Å²) >= 11 is 0. The van der Waals surface area contributed by atoms with Crippen LogP contribution in [0, 0.1) is 0 Å². The molecule has 0 spiro atoms. The highest BCUT2D eigenvalue weighted by atomic mass is 15.1. The average Bonchev–Trinajstić information content (AvgIpc) is 2.80. The van der Waals surface area contributed by atoms with Crippen LogP contribution in [0.4, 0.5) is 0 Å². The molecule has 0 saturated heterocycles. The van der Waals surface area contributed by atoms with Gasteiger partial charge in [0.25, 0.3) is 0 Å². The number of benzene rings is 1. The van der Waals surface area contributed by atoms with Crippen molar-refractivity contribution < 1.29 is 0 Å². The summed E-state index contributed by atoms with van der Waals surface area (Å²) in [6, 6.07) is 8.45. The number of hydrogen-bond donors (Lipinski definition) is 1. The van der Waals surface area contributed by atoms with Gasteiger partial charge in [0.15, 0.2) is 0 Å². The SMILES string of the molecule is CC.c1ccc2c(c1)Cc1cn[nH]c1-2. The third kappa shape index (κ3) is 1.23. The van der Waals surface area contributed by atoms with Crippen LogP contribution in [0.25, 0.3) is 11.3 Å². The van der Waals surface area contributed by atoms with E-state index in [0.717, 1.165) is 6.42 Å². The predicted octanol–water partition coefficient (Wildman–Crippen LogP) is 3.01. The lowest BCUT2D eigenvalue weighted by atomic mass is 10.1. The molecule has 0 atom stereocenters. The van der Waals surface area contributed by atoms with Gasteiger partial charge in [-0.1, -0.05) is 38.1 Å². The maximum absolute atomic E-state index is 4.02. The second-order valence-corrected chi connectivity index (χ2v) is 3.10. The van der Waals surface area contributed by atoms with Crippen molar-refractivity contribution in [1.29, 1.82) is 0 Å². The fourth-order valence-corrected chi connectivity index (χ4v) is 1.80. The molecular weight excluding hydrogens is 172 g/mol. The minimum Gasteiger partial charge on any atom is -0.278 e. The Labute approximate surface area is 84.0 Å². The maximum Gasteiger partial charge on any atom is 0.0688 e. The first-order valence-electron chi connectivity index (χ1n) is 5.05. The van der Waals surface area contributed by atoms with E-state index in [1.807, 2.05) is 20.0 Å². The van der Waals surface area contributed by atoms with Crippen molar-refractivity contribution in [2.75, 3.05) is 0 Å². The lowest BCUT2D eigenvalue weighted by molar-refractivity contribution is 1.09. The van der Waals surface area contributed by atoms with E-state index < -0.39 is 0 Å². The maximum atomic E-state index is 4.02. The van der Waals surface area contributed by atoms with Crippen molar-refractivity contribution in [3.05, 3.63) is 41.6 Å². The number of nitrogens with one attached hydrogen (secondary N) is 1. The quantitative estimate of drug-likeness (QED) is 0.574. The van der Waals surface area contributed by atoms with E-state index in [-0.39, 0.29) is 0 Å². The molecule has 0 aliphatic heterocycles. The van der Waals surface area contributed by atoms with Crippen molar-refractivity contribution >= 4 is 0 Å². The number of fused-ring (bicyclic) bond motifs is 3. The Balaban J connectivity index is 0.000000354. The van der Waals surface area contributed by atoms with Crippen molar-refractivity contribution in [1.82, 2.24) is 10.2 Å². The molecule has 0 bridgehead atoms. The van der Waals surface area contributed by atoms with E-state index in [2.05, 4.69) is 34.5 Å². The molecule has 0 unspecified atom stereocenters. The molecule has 1 aliphatic carbocycles. The molecule has 0 amide bonds. The number of nitrogens with zero attached hydrogens (tertiary/aromatic N) is 1. The lowest BCUT2D eigenvalue weighted by Gasteiger charge is -1.95. The van der Waals surface area contributed by atoms with Crippen LogP contribution in [0.3, 0.4) is 0 Å². The molecule has 2 aromatic rings. The molecule has 1 aromatic carbocycles.